The molecule has 4 rings (SSSR count). The van der Waals surface area contributed by atoms with Crippen LogP contribution in [0.5, 0.6) is 0 Å². The van der Waals surface area contributed by atoms with E-state index in [9.17, 15) is 10.1 Å². The minimum atomic E-state index is -0.372. The van der Waals surface area contributed by atoms with Gasteiger partial charge in [-0.1, -0.05) is 18.2 Å². The minimum absolute atomic E-state index is 0.0548. The Labute approximate surface area is 130 Å². The van der Waals surface area contributed by atoms with E-state index in [2.05, 4.69) is 10.4 Å². The lowest BCUT2D eigenvalue weighted by Crippen LogP contribution is -2.06. The van der Waals surface area contributed by atoms with Crippen LogP contribution in [0.3, 0.4) is 0 Å². The number of rotatable bonds is 3. The Bertz CT molecular complexity index is 855. The normalized spacial score (nSPS) is 12.9. The molecule has 1 aliphatic heterocycles. The molecule has 22 heavy (non-hydrogen) atoms. The molecular weight excluding hydrogens is 300 g/mol. The molecule has 0 bridgehead atoms. The Balaban J connectivity index is 1.95. The van der Waals surface area contributed by atoms with E-state index in [1.807, 2.05) is 17.5 Å². The molecular formula is C15H12N4O2S. The van der Waals surface area contributed by atoms with Gasteiger partial charge in [0.1, 0.15) is 17.2 Å². The van der Waals surface area contributed by atoms with Crippen LogP contribution < -0.4 is 5.32 Å². The number of aromatic nitrogens is 2. The van der Waals surface area contributed by atoms with Gasteiger partial charge in [-0.3, -0.25) is 10.1 Å². The van der Waals surface area contributed by atoms with Crippen LogP contribution in [0.4, 0.5) is 11.5 Å². The first-order valence-electron chi connectivity index (χ1n) is 6.89. The predicted molar refractivity (Wildman–Crippen MR) is 85.7 cm³/mol. The minimum Gasteiger partial charge on any atom is -0.369 e. The van der Waals surface area contributed by atoms with Crippen molar-refractivity contribution in [2.24, 2.45) is 0 Å². The van der Waals surface area contributed by atoms with Crippen molar-refractivity contribution in [1.29, 1.82) is 0 Å². The second-order valence-corrected chi connectivity index (χ2v) is 5.94. The lowest BCUT2D eigenvalue weighted by Gasteiger charge is -2.06. The number of thiophene rings is 1. The molecule has 0 amide bonds. The summed E-state index contributed by atoms with van der Waals surface area (Å²) in [5.41, 5.74) is 2.58. The van der Waals surface area contributed by atoms with Crippen molar-refractivity contribution >= 4 is 22.8 Å². The monoisotopic (exact) mass is 312 g/mol. The van der Waals surface area contributed by atoms with Gasteiger partial charge in [-0.25, -0.2) is 4.68 Å². The highest BCUT2D eigenvalue weighted by Gasteiger charge is 2.27. The number of nitro benzene ring substituents is 1. The quantitative estimate of drug-likeness (QED) is 0.593. The number of nitro groups is 1. The summed E-state index contributed by atoms with van der Waals surface area (Å²) >= 11 is 1.62. The number of hydrogen-bond acceptors (Lipinski definition) is 5. The Morgan fingerprint density at radius 3 is 2.91 bits per heavy atom. The topological polar surface area (TPSA) is 73.0 Å². The van der Waals surface area contributed by atoms with Crippen molar-refractivity contribution in [1.82, 2.24) is 9.78 Å². The van der Waals surface area contributed by atoms with Crippen molar-refractivity contribution in [3.63, 3.8) is 0 Å². The van der Waals surface area contributed by atoms with Gasteiger partial charge in [-0.05, 0) is 23.9 Å². The molecule has 110 valence electrons. The van der Waals surface area contributed by atoms with Crippen LogP contribution in [0.15, 0.2) is 41.8 Å². The van der Waals surface area contributed by atoms with Crippen LogP contribution in [0.1, 0.15) is 5.56 Å². The van der Waals surface area contributed by atoms with E-state index in [1.165, 1.54) is 6.07 Å². The van der Waals surface area contributed by atoms with Gasteiger partial charge in [0.05, 0.1) is 9.80 Å². The van der Waals surface area contributed by atoms with Gasteiger partial charge in [-0.2, -0.15) is 5.10 Å². The summed E-state index contributed by atoms with van der Waals surface area (Å²) in [5.74, 6) is 0.859. The van der Waals surface area contributed by atoms with E-state index in [4.69, 9.17) is 0 Å². The van der Waals surface area contributed by atoms with Crippen LogP contribution in [-0.2, 0) is 6.42 Å². The third kappa shape index (κ3) is 1.90. The maximum atomic E-state index is 11.3. The van der Waals surface area contributed by atoms with Crippen LogP contribution >= 0.6 is 11.3 Å². The molecule has 0 unspecified atom stereocenters. The van der Waals surface area contributed by atoms with Gasteiger partial charge in [0.15, 0.2) is 0 Å². The molecule has 3 heterocycles. The molecule has 0 atom stereocenters. The third-order valence-electron chi connectivity index (χ3n) is 3.71. The van der Waals surface area contributed by atoms with E-state index in [0.29, 0.717) is 5.69 Å². The highest BCUT2D eigenvalue weighted by atomic mass is 32.1. The number of fused-ring (bicyclic) bond motifs is 1. The molecule has 2 aromatic heterocycles. The van der Waals surface area contributed by atoms with Crippen molar-refractivity contribution in [2.45, 2.75) is 6.42 Å². The van der Waals surface area contributed by atoms with Crippen LogP contribution in [0.2, 0.25) is 0 Å². The van der Waals surface area contributed by atoms with E-state index >= 15 is 0 Å². The molecule has 0 radical (unpaired) electrons. The number of nitrogens with one attached hydrogen (secondary N) is 1. The van der Waals surface area contributed by atoms with Crippen molar-refractivity contribution in [2.75, 3.05) is 11.9 Å². The van der Waals surface area contributed by atoms with Gasteiger partial charge < -0.3 is 5.32 Å². The fraction of sp³-hybridized carbons (Fsp3) is 0.133. The zero-order chi connectivity index (χ0) is 15.1. The zero-order valence-electron chi connectivity index (χ0n) is 11.5. The van der Waals surface area contributed by atoms with Gasteiger partial charge in [-0.15, -0.1) is 11.3 Å². The smallest absolute Gasteiger partial charge is 0.294 e. The lowest BCUT2D eigenvalue weighted by atomic mass is 10.2. The Morgan fingerprint density at radius 2 is 2.14 bits per heavy atom. The number of para-hydroxylation sites is 2. The van der Waals surface area contributed by atoms with Crippen LogP contribution in [0, 0.1) is 10.1 Å². The number of hydrogen-bond donors (Lipinski definition) is 1. The molecule has 6 nitrogen and oxygen atoms in total. The van der Waals surface area contributed by atoms with Gasteiger partial charge in [0.2, 0.25) is 0 Å². The first kappa shape index (κ1) is 13.0. The molecule has 1 N–H and O–H groups in total. The average molecular weight is 312 g/mol. The van der Waals surface area contributed by atoms with Crippen LogP contribution in [0.25, 0.3) is 16.3 Å². The zero-order valence-corrected chi connectivity index (χ0v) is 12.3. The highest BCUT2D eigenvalue weighted by Crippen LogP contribution is 2.37. The van der Waals surface area contributed by atoms with E-state index in [1.54, 1.807) is 34.2 Å². The molecule has 0 aliphatic carbocycles. The Hall–Kier alpha value is -2.67. The Kier molecular flexibility index (Phi) is 2.93. The first-order valence-corrected chi connectivity index (χ1v) is 7.77. The van der Waals surface area contributed by atoms with Crippen LogP contribution in [-0.4, -0.2) is 21.2 Å². The summed E-state index contributed by atoms with van der Waals surface area (Å²) in [7, 11) is 0. The second-order valence-electron chi connectivity index (χ2n) is 4.99. The van der Waals surface area contributed by atoms with Gasteiger partial charge in [0.25, 0.3) is 5.69 Å². The standard InChI is InChI=1S/C15H12N4O2S/c20-19(21)12-5-2-1-4-11(12)18-15-10(7-8-16-15)14(17-18)13-6-3-9-22-13/h1-6,9,16H,7-8H2. The van der Waals surface area contributed by atoms with Crippen molar-refractivity contribution in [3.8, 4) is 16.3 Å². The molecule has 1 aliphatic rings. The molecule has 1 aromatic carbocycles. The van der Waals surface area contributed by atoms with E-state index < -0.39 is 0 Å². The second kappa shape index (κ2) is 4.96. The van der Waals surface area contributed by atoms with Crippen molar-refractivity contribution in [3.05, 3.63) is 57.5 Å². The average Bonchev–Trinajstić information content (AvgIpc) is 3.24. The SMILES string of the molecule is O=[N+]([O-])c1ccccc1-n1nc(-c2cccs2)c2c1NCC2. The number of anilines is 1. The largest absolute Gasteiger partial charge is 0.369 e. The van der Waals surface area contributed by atoms with Crippen molar-refractivity contribution < 1.29 is 4.92 Å². The van der Waals surface area contributed by atoms with E-state index in [-0.39, 0.29) is 10.6 Å². The third-order valence-corrected chi connectivity index (χ3v) is 4.59. The summed E-state index contributed by atoms with van der Waals surface area (Å²) in [6.45, 7) is 0.826. The summed E-state index contributed by atoms with van der Waals surface area (Å²) in [6.07, 6.45) is 0.878. The van der Waals surface area contributed by atoms with E-state index in [0.717, 1.165) is 34.9 Å². The molecule has 7 heteroatoms. The molecule has 3 aromatic rings. The van der Waals surface area contributed by atoms with Gasteiger partial charge >= 0.3 is 0 Å². The Morgan fingerprint density at radius 1 is 1.27 bits per heavy atom. The number of benzene rings is 1. The molecule has 0 saturated carbocycles. The maximum Gasteiger partial charge on any atom is 0.294 e. The first-order chi connectivity index (χ1) is 10.8. The summed E-state index contributed by atoms with van der Waals surface area (Å²) < 4.78 is 1.66. The summed E-state index contributed by atoms with van der Waals surface area (Å²) in [5, 5.41) is 21.2. The predicted octanol–water partition coefficient (Wildman–Crippen LogP) is 3.48. The maximum absolute atomic E-state index is 11.3. The fourth-order valence-electron chi connectivity index (χ4n) is 2.76. The highest BCUT2D eigenvalue weighted by molar-refractivity contribution is 7.13. The fourth-order valence-corrected chi connectivity index (χ4v) is 3.49. The lowest BCUT2D eigenvalue weighted by molar-refractivity contribution is -0.384. The molecule has 0 spiro atoms. The molecule has 0 fully saturated rings. The summed E-state index contributed by atoms with van der Waals surface area (Å²) in [4.78, 5) is 12.0. The molecule has 0 saturated heterocycles. The summed E-state index contributed by atoms with van der Waals surface area (Å²) in [6, 6.07) is 10.7. The van der Waals surface area contributed by atoms with Gasteiger partial charge in [0, 0.05) is 18.2 Å². The number of nitrogens with zero attached hydrogens (tertiary/aromatic N) is 3.